The Bertz CT molecular complexity index is 713. The summed E-state index contributed by atoms with van der Waals surface area (Å²) in [5.41, 5.74) is 0.873. The number of carboxylic acid groups (broad SMARTS) is 1. The van der Waals surface area contributed by atoms with Crippen molar-refractivity contribution in [3.05, 3.63) is 29.8 Å². The van der Waals surface area contributed by atoms with Gasteiger partial charge in [-0.3, -0.25) is 4.79 Å². The van der Waals surface area contributed by atoms with E-state index in [-0.39, 0.29) is 5.56 Å². The molecule has 0 spiro atoms. The lowest BCUT2D eigenvalue weighted by Crippen LogP contribution is -2.48. The maximum Gasteiger partial charge on any atom is 0.326 e. The van der Waals surface area contributed by atoms with Gasteiger partial charge >= 0.3 is 5.97 Å². The number of piperidine rings is 1. The Kier molecular flexibility index (Phi) is 3.32. The van der Waals surface area contributed by atoms with Gasteiger partial charge in [-0.25, -0.2) is 14.2 Å². The van der Waals surface area contributed by atoms with Gasteiger partial charge in [-0.1, -0.05) is 0 Å². The number of amides is 1. The van der Waals surface area contributed by atoms with E-state index < -0.39 is 23.7 Å². The Morgan fingerprint density at radius 1 is 1.38 bits per heavy atom. The van der Waals surface area contributed by atoms with Crippen LogP contribution >= 0.6 is 0 Å². The summed E-state index contributed by atoms with van der Waals surface area (Å²) in [6, 6.07) is 1.51. The van der Waals surface area contributed by atoms with Crippen molar-refractivity contribution >= 4 is 22.9 Å². The van der Waals surface area contributed by atoms with Gasteiger partial charge in [0.15, 0.2) is 0 Å². The number of H-pyrrole nitrogens is 1. The van der Waals surface area contributed by atoms with Gasteiger partial charge in [-0.2, -0.15) is 0 Å². The van der Waals surface area contributed by atoms with Crippen molar-refractivity contribution in [1.29, 1.82) is 0 Å². The van der Waals surface area contributed by atoms with Gasteiger partial charge < -0.3 is 15.0 Å². The predicted molar refractivity (Wildman–Crippen MR) is 72.4 cm³/mol. The third-order valence-corrected chi connectivity index (χ3v) is 3.77. The van der Waals surface area contributed by atoms with Gasteiger partial charge in [-0.15, -0.1) is 0 Å². The minimum atomic E-state index is -1.03. The van der Waals surface area contributed by atoms with Crippen molar-refractivity contribution in [2.24, 2.45) is 0 Å². The molecular weight excluding hydrogens is 277 g/mol. The molecule has 110 valence electrons. The molecule has 2 N–H and O–H groups in total. The number of imidazole rings is 1. The van der Waals surface area contributed by atoms with Crippen LogP contribution in [0.5, 0.6) is 0 Å². The fraction of sp³-hybridized carbons (Fsp3) is 0.357. The highest BCUT2D eigenvalue weighted by molar-refractivity contribution is 6.06. The van der Waals surface area contributed by atoms with Gasteiger partial charge in [0.05, 0.1) is 17.4 Å². The lowest BCUT2D eigenvalue weighted by molar-refractivity contribution is -0.143. The molecule has 0 unspecified atom stereocenters. The molecule has 2 heterocycles. The van der Waals surface area contributed by atoms with Gasteiger partial charge in [-0.05, 0) is 31.4 Å². The number of nitrogens with one attached hydrogen (secondary N) is 1. The highest BCUT2D eigenvalue weighted by Gasteiger charge is 2.33. The molecule has 7 heteroatoms. The summed E-state index contributed by atoms with van der Waals surface area (Å²) >= 11 is 0. The number of hydrogen-bond donors (Lipinski definition) is 2. The summed E-state index contributed by atoms with van der Waals surface area (Å²) < 4.78 is 13.6. The Hall–Kier alpha value is -2.44. The molecule has 1 saturated heterocycles. The molecule has 0 aliphatic carbocycles. The number of carboxylic acids is 1. The van der Waals surface area contributed by atoms with E-state index >= 15 is 0 Å². The van der Waals surface area contributed by atoms with Crippen molar-refractivity contribution in [2.75, 3.05) is 6.54 Å². The first-order chi connectivity index (χ1) is 10.1. The number of aliphatic carboxylic acids is 1. The van der Waals surface area contributed by atoms with E-state index in [1.165, 1.54) is 17.3 Å². The van der Waals surface area contributed by atoms with Crippen LogP contribution in [0.4, 0.5) is 4.39 Å². The molecule has 3 rings (SSSR count). The summed E-state index contributed by atoms with van der Waals surface area (Å²) in [7, 11) is 0. The summed E-state index contributed by atoms with van der Waals surface area (Å²) in [6.45, 7) is 0.359. The number of nitrogens with zero attached hydrogens (tertiary/aromatic N) is 2. The lowest BCUT2D eigenvalue weighted by Gasteiger charge is -2.33. The number of carbonyl (C=O) groups is 2. The number of halogens is 1. The van der Waals surface area contributed by atoms with Crippen LogP contribution in [0.15, 0.2) is 18.5 Å². The van der Waals surface area contributed by atoms with Crippen LogP contribution in [0.25, 0.3) is 11.0 Å². The topological polar surface area (TPSA) is 86.3 Å². The second kappa shape index (κ2) is 5.16. The van der Waals surface area contributed by atoms with Crippen molar-refractivity contribution in [3.8, 4) is 0 Å². The van der Waals surface area contributed by atoms with Crippen molar-refractivity contribution in [1.82, 2.24) is 14.9 Å². The van der Waals surface area contributed by atoms with E-state index in [1.807, 2.05) is 0 Å². The Morgan fingerprint density at radius 2 is 2.19 bits per heavy atom. The first kappa shape index (κ1) is 13.5. The van der Waals surface area contributed by atoms with E-state index in [2.05, 4.69) is 9.97 Å². The highest BCUT2D eigenvalue weighted by Crippen LogP contribution is 2.24. The average Bonchev–Trinajstić information content (AvgIpc) is 2.93. The molecule has 0 bridgehead atoms. The van der Waals surface area contributed by atoms with Crippen molar-refractivity contribution < 1.29 is 19.1 Å². The fourth-order valence-electron chi connectivity index (χ4n) is 2.76. The summed E-state index contributed by atoms with van der Waals surface area (Å²) in [5.74, 6) is -2.07. The van der Waals surface area contributed by atoms with E-state index in [1.54, 1.807) is 0 Å². The van der Waals surface area contributed by atoms with Crippen LogP contribution < -0.4 is 0 Å². The first-order valence-corrected chi connectivity index (χ1v) is 6.74. The van der Waals surface area contributed by atoms with Gasteiger partial charge in [0, 0.05) is 6.54 Å². The summed E-state index contributed by atoms with van der Waals surface area (Å²) in [5, 5.41) is 9.24. The molecule has 6 nitrogen and oxygen atoms in total. The zero-order valence-electron chi connectivity index (χ0n) is 11.2. The molecule has 1 atom stereocenters. The van der Waals surface area contributed by atoms with Crippen LogP contribution in [0.3, 0.4) is 0 Å². The summed E-state index contributed by atoms with van der Waals surface area (Å²) in [6.07, 6.45) is 3.31. The largest absolute Gasteiger partial charge is 0.480 e. The van der Waals surface area contributed by atoms with Crippen LogP contribution in [0, 0.1) is 5.82 Å². The number of likely N-dealkylation sites (tertiary alicyclic amines) is 1. The van der Waals surface area contributed by atoms with Crippen LogP contribution in [-0.4, -0.2) is 44.4 Å². The maximum absolute atomic E-state index is 13.6. The number of fused-ring (bicyclic) bond motifs is 1. The quantitative estimate of drug-likeness (QED) is 0.883. The number of aromatic amines is 1. The molecule has 0 saturated carbocycles. The molecule has 1 fully saturated rings. The first-order valence-electron chi connectivity index (χ1n) is 6.74. The molecular formula is C14H14FN3O3. The number of rotatable bonds is 2. The van der Waals surface area contributed by atoms with Crippen molar-refractivity contribution in [2.45, 2.75) is 25.3 Å². The highest BCUT2D eigenvalue weighted by atomic mass is 19.1. The second-order valence-corrected chi connectivity index (χ2v) is 5.10. The molecule has 1 aliphatic rings. The number of hydrogen-bond acceptors (Lipinski definition) is 3. The Balaban J connectivity index is 2.03. The van der Waals surface area contributed by atoms with Gasteiger partial charge in [0.25, 0.3) is 5.91 Å². The number of aromatic nitrogens is 2. The number of benzene rings is 1. The van der Waals surface area contributed by atoms with E-state index in [0.29, 0.717) is 24.0 Å². The van der Waals surface area contributed by atoms with Crippen LogP contribution in [-0.2, 0) is 4.79 Å². The lowest BCUT2D eigenvalue weighted by atomic mass is 10.0. The maximum atomic E-state index is 13.6. The van der Waals surface area contributed by atoms with Crippen LogP contribution in [0.2, 0.25) is 0 Å². The smallest absolute Gasteiger partial charge is 0.326 e. The third-order valence-electron chi connectivity index (χ3n) is 3.77. The standard InChI is InChI=1S/C14H14FN3O3/c15-8-5-9(12-10(6-8)16-7-17-12)13(19)18-4-2-1-3-11(18)14(20)21/h5-7,11H,1-4H2,(H,16,17)(H,20,21)/t11-/m1/s1. The molecule has 1 aromatic heterocycles. The minimum absolute atomic E-state index is 0.0967. The predicted octanol–water partition coefficient (Wildman–Crippen LogP) is 1.78. The van der Waals surface area contributed by atoms with Crippen LogP contribution in [0.1, 0.15) is 29.6 Å². The number of carbonyl (C=O) groups excluding carboxylic acids is 1. The second-order valence-electron chi connectivity index (χ2n) is 5.10. The van der Waals surface area contributed by atoms with Crippen molar-refractivity contribution in [3.63, 3.8) is 0 Å². The Labute approximate surface area is 119 Å². The fourth-order valence-corrected chi connectivity index (χ4v) is 2.76. The normalized spacial score (nSPS) is 18.9. The van der Waals surface area contributed by atoms with E-state index in [4.69, 9.17) is 0 Å². The van der Waals surface area contributed by atoms with Gasteiger partial charge in [0.2, 0.25) is 0 Å². The Morgan fingerprint density at radius 3 is 2.95 bits per heavy atom. The molecule has 21 heavy (non-hydrogen) atoms. The summed E-state index contributed by atoms with van der Waals surface area (Å²) in [4.78, 5) is 32.0. The van der Waals surface area contributed by atoms with E-state index in [0.717, 1.165) is 18.9 Å². The third kappa shape index (κ3) is 2.35. The monoisotopic (exact) mass is 291 g/mol. The van der Waals surface area contributed by atoms with E-state index in [9.17, 15) is 19.1 Å². The molecule has 1 amide bonds. The molecule has 1 aromatic carbocycles. The molecule has 0 radical (unpaired) electrons. The van der Waals surface area contributed by atoms with Gasteiger partial charge in [0.1, 0.15) is 17.4 Å². The SMILES string of the molecule is O=C(O)[C@H]1CCCCN1C(=O)c1cc(F)cc2[nH]cnc12. The zero-order chi connectivity index (χ0) is 15.0. The molecule has 1 aliphatic heterocycles. The average molecular weight is 291 g/mol. The zero-order valence-corrected chi connectivity index (χ0v) is 11.2. The minimum Gasteiger partial charge on any atom is -0.480 e. The molecule has 2 aromatic rings.